The molecule has 0 fully saturated rings. The second kappa shape index (κ2) is 5.72. The van der Waals surface area contributed by atoms with Crippen LogP contribution in [0.3, 0.4) is 0 Å². The average Bonchev–Trinajstić information content (AvgIpc) is 2.64. The zero-order chi connectivity index (χ0) is 13.1. The fraction of sp³-hybridized carbons (Fsp3) is 0.267. The highest BCUT2D eigenvalue weighted by molar-refractivity contribution is 9.10. The van der Waals surface area contributed by atoms with Gasteiger partial charge in [0, 0.05) is 36.0 Å². The third kappa shape index (κ3) is 2.96. The van der Waals surface area contributed by atoms with Crippen LogP contribution in [0, 0.1) is 0 Å². The van der Waals surface area contributed by atoms with Crippen molar-refractivity contribution in [1.29, 1.82) is 0 Å². The van der Waals surface area contributed by atoms with Crippen LogP contribution in [0.4, 0.5) is 5.69 Å². The standard InChI is InChI=1S/C15H16BrN3/c16-13-5-6-14(18-10-13)11-19-8-7-17-9-12-3-1-2-4-15(12)19/h1-6,10,17H,7-9,11H2. The molecular weight excluding hydrogens is 302 g/mol. The minimum atomic E-state index is 0.853. The summed E-state index contributed by atoms with van der Waals surface area (Å²) in [6.07, 6.45) is 1.86. The van der Waals surface area contributed by atoms with Gasteiger partial charge in [0.25, 0.3) is 0 Å². The molecule has 0 bridgehead atoms. The highest BCUT2D eigenvalue weighted by Gasteiger charge is 2.14. The van der Waals surface area contributed by atoms with Gasteiger partial charge in [-0.05, 0) is 39.7 Å². The quantitative estimate of drug-likeness (QED) is 0.923. The third-order valence-electron chi connectivity index (χ3n) is 3.35. The summed E-state index contributed by atoms with van der Waals surface area (Å²) in [5.41, 5.74) is 3.77. The van der Waals surface area contributed by atoms with E-state index in [4.69, 9.17) is 0 Å². The predicted octanol–water partition coefficient (Wildman–Crippen LogP) is 2.95. The third-order valence-corrected chi connectivity index (χ3v) is 3.82. The van der Waals surface area contributed by atoms with Gasteiger partial charge in [-0.2, -0.15) is 0 Å². The van der Waals surface area contributed by atoms with Crippen molar-refractivity contribution in [1.82, 2.24) is 10.3 Å². The maximum atomic E-state index is 4.47. The van der Waals surface area contributed by atoms with Gasteiger partial charge in [-0.3, -0.25) is 4.98 Å². The zero-order valence-electron chi connectivity index (χ0n) is 10.6. The van der Waals surface area contributed by atoms with Gasteiger partial charge in [0.1, 0.15) is 0 Å². The Balaban J connectivity index is 1.86. The van der Waals surface area contributed by atoms with Crippen molar-refractivity contribution in [3.63, 3.8) is 0 Å². The Labute approximate surface area is 121 Å². The minimum Gasteiger partial charge on any atom is -0.364 e. The van der Waals surface area contributed by atoms with Crippen LogP contribution < -0.4 is 10.2 Å². The largest absolute Gasteiger partial charge is 0.364 e. The van der Waals surface area contributed by atoms with Crippen LogP contribution in [0.5, 0.6) is 0 Å². The van der Waals surface area contributed by atoms with Crippen LogP contribution in [0.2, 0.25) is 0 Å². The Kier molecular flexibility index (Phi) is 3.80. The number of aromatic nitrogens is 1. The molecule has 0 spiro atoms. The van der Waals surface area contributed by atoms with E-state index >= 15 is 0 Å². The molecular formula is C15H16BrN3. The molecule has 2 aromatic rings. The summed E-state index contributed by atoms with van der Waals surface area (Å²) in [7, 11) is 0. The molecule has 1 aromatic carbocycles. The van der Waals surface area contributed by atoms with E-state index in [1.54, 1.807) is 0 Å². The van der Waals surface area contributed by atoms with E-state index in [2.05, 4.69) is 61.5 Å². The molecule has 1 N–H and O–H groups in total. The summed E-state index contributed by atoms with van der Waals surface area (Å²) >= 11 is 3.42. The monoisotopic (exact) mass is 317 g/mol. The number of anilines is 1. The van der Waals surface area contributed by atoms with Gasteiger partial charge in [-0.15, -0.1) is 0 Å². The number of para-hydroxylation sites is 1. The molecule has 19 heavy (non-hydrogen) atoms. The Hall–Kier alpha value is -1.39. The molecule has 1 aliphatic rings. The fourth-order valence-electron chi connectivity index (χ4n) is 2.39. The SMILES string of the molecule is Brc1ccc(CN2CCNCc3ccccc32)nc1. The molecule has 1 aliphatic heterocycles. The molecule has 3 rings (SSSR count). The highest BCUT2D eigenvalue weighted by atomic mass is 79.9. The summed E-state index contributed by atoms with van der Waals surface area (Å²) in [5, 5.41) is 3.46. The van der Waals surface area contributed by atoms with Crippen molar-refractivity contribution < 1.29 is 0 Å². The molecule has 2 heterocycles. The van der Waals surface area contributed by atoms with Crippen LogP contribution in [-0.2, 0) is 13.1 Å². The number of nitrogens with one attached hydrogen (secondary N) is 1. The lowest BCUT2D eigenvalue weighted by Crippen LogP contribution is -2.28. The first-order valence-electron chi connectivity index (χ1n) is 6.47. The van der Waals surface area contributed by atoms with Gasteiger partial charge >= 0.3 is 0 Å². The lowest BCUT2D eigenvalue weighted by atomic mass is 10.1. The highest BCUT2D eigenvalue weighted by Crippen LogP contribution is 2.23. The van der Waals surface area contributed by atoms with E-state index in [1.807, 2.05) is 12.3 Å². The topological polar surface area (TPSA) is 28.2 Å². The first-order valence-corrected chi connectivity index (χ1v) is 7.26. The van der Waals surface area contributed by atoms with Crippen LogP contribution in [0.15, 0.2) is 47.1 Å². The van der Waals surface area contributed by atoms with E-state index in [1.165, 1.54) is 11.3 Å². The Morgan fingerprint density at radius 2 is 2.11 bits per heavy atom. The molecule has 0 saturated heterocycles. The molecule has 0 aliphatic carbocycles. The molecule has 0 radical (unpaired) electrons. The van der Waals surface area contributed by atoms with Crippen molar-refractivity contribution in [2.45, 2.75) is 13.1 Å². The first-order chi connectivity index (χ1) is 9.33. The van der Waals surface area contributed by atoms with Gasteiger partial charge in [0.2, 0.25) is 0 Å². The van der Waals surface area contributed by atoms with Gasteiger partial charge in [-0.25, -0.2) is 0 Å². The number of halogens is 1. The smallest absolute Gasteiger partial charge is 0.0602 e. The van der Waals surface area contributed by atoms with Gasteiger partial charge < -0.3 is 10.2 Å². The van der Waals surface area contributed by atoms with Crippen LogP contribution >= 0.6 is 15.9 Å². The summed E-state index contributed by atoms with van der Waals surface area (Å²) in [6.45, 7) is 3.81. The van der Waals surface area contributed by atoms with Crippen molar-refractivity contribution in [2.75, 3.05) is 18.0 Å². The van der Waals surface area contributed by atoms with E-state index in [0.29, 0.717) is 0 Å². The van der Waals surface area contributed by atoms with Gasteiger partial charge in [-0.1, -0.05) is 18.2 Å². The lowest BCUT2D eigenvalue weighted by molar-refractivity contribution is 0.685. The van der Waals surface area contributed by atoms with E-state index in [0.717, 1.165) is 36.3 Å². The molecule has 3 nitrogen and oxygen atoms in total. The average molecular weight is 318 g/mol. The summed E-state index contributed by atoms with van der Waals surface area (Å²) < 4.78 is 1.02. The molecule has 4 heteroatoms. The molecule has 0 saturated carbocycles. The van der Waals surface area contributed by atoms with Crippen molar-refractivity contribution in [3.05, 3.63) is 58.3 Å². The molecule has 0 unspecified atom stereocenters. The number of fused-ring (bicyclic) bond motifs is 1. The van der Waals surface area contributed by atoms with E-state index in [9.17, 15) is 0 Å². The van der Waals surface area contributed by atoms with E-state index < -0.39 is 0 Å². The van der Waals surface area contributed by atoms with Gasteiger partial charge in [0.15, 0.2) is 0 Å². The second-order valence-corrected chi connectivity index (χ2v) is 5.61. The number of rotatable bonds is 2. The summed E-state index contributed by atoms with van der Waals surface area (Å²) in [6, 6.07) is 12.7. The van der Waals surface area contributed by atoms with Crippen molar-refractivity contribution >= 4 is 21.6 Å². The van der Waals surface area contributed by atoms with Crippen LogP contribution in [0.1, 0.15) is 11.3 Å². The maximum Gasteiger partial charge on any atom is 0.0602 e. The Morgan fingerprint density at radius 1 is 1.21 bits per heavy atom. The number of hydrogen-bond donors (Lipinski definition) is 1. The number of nitrogens with zero attached hydrogens (tertiary/aromatic N) is 2. The zero-order valence-corrected chi connectivity index (χ0v) is 12.2. The predicted molar refractivity (Wildman–Crippen MR) is 81.1 cm³/mol. The normalized spacial score (nSPS) is 14.9. The molecule has 0 amide bonds. The van der Waals surface area contributed by atoms with Crippen LogP contribution in [0.25, 0.3) is 0 Å². The molecule has 1 aromatic heterocycles. The maximum absolute atomic E-state index is 4.47. The first kappa shape index (κ1) is 12.6. The lowest BCUT2D eigenvalue weighted by Gasteiger charge is -2.24. The van der Waals surface area contributed by atoms with Crippen molar-refractivity contribution in [2.24, 2.45) is 0 Å². The summed E-state index contributed by atoms with van der Waals surface area (Å²) in [5.74, 6) is 0. The van der Waals surface area contributed by atoms with Gasteiger partial charge in [0.05, 0.1) is 12.2 Å². The number of pyridine rings is 1. The van der Waals surface area contributed by atoms with Crippen molar-refractivity contribution in [3.8, 4) is 0 Å². The second-order valence-electron chi connectivity index (χ2n) is 4.69. The Morgan fingerprint density at radius 3 is 2.95 bits per heavy atom. The minimum absolute atomic E-state index is 0.853. The fourth-order valence-corrected chi connectivity index (χ4v) is 2.62. The molecule has 0 atom stereocenters. The van der Waals surface area contributed by atoms with E-state index in [-0.39, 0.29) is 0 Å². The molecule has 98 valence electrons. The number of benzene rings is 1. The summed E-state index contributed by atoms with van der Waals surface area (Å²) in [4.78, 5) is 6.86. The number of hydrogen-bond acceptors (Lipinski definition) is 3. The Bertz CT molecular complexity index is 554. The van der Waals surface area contributed by atoms with Crippen LogP contribution in [-0.4, -0.2) is 18.1 Å².